The molecule has 6 heteroatoms. The topological polar surface area (TPSA) is 62.6 Å². The van der Waals surface area contributed by atoms with Crippen molar-refractivity contribution in [1.82, 2.24) is 10.2 Å². The van der Waals surface area contributed by atoms with Crippen LogP contribution in [-0.4, -0.2) is 50.5 Å². The zero-order valence-corrected chi connectivity index (χ0v) is 12.2. The van der Waals surface area contributed by atoms with E-state index in [9.17, 15) is 8.42 Å². The van der Waals surface area contributed by atoms with E-state index in [4.69, 9.17) is 4.42 Å². The van der Waals surface area contributed by atoms with Crippen LogP contribution in [0, 0.1) is 0 Å². The van der Waals surface area contributed by atoms with Crippen molar-refractivity contribution in [2.45, 2.75) is 25.9 Å². The Morgan fingerprint density at radius 2 is 2.37 bits per heavy atom. The summed E-state index contributed by atoms with van der Waals surface area (Å²) in [5, 5.41) is 3.33. The smallest absolute Gasteiger partial charge is 0.151 e. The third-order valence-corrected chi connectivity index (χ3v) is 5.27. The molecule has 0 radical (unpaired) electrons. The molecule has 1 aromatic rings. The lowest BCUT2D eigenvalue weighted by atomic mass is 10.2. The van der Waals surface area contributed by atoms with Crippen molar-refractivity contribution in [2.75, 3.05) is 31.1 Å². The fourth-order valence-electron chi connectivity index (χ4n) is 2.35. The van der Waals surface area contributed by atoms with E-state index in [1.807, 2.05) is 12.1 Å². The molecule has 108 valence electrons. The van der Waals surface area contributed by atoms with Gasteiger partial charge in [-0.25, -0.2) is 8.42 Å². The molecule has 2 rings (SSSR count). The van der Waals surface area contributed by atoms with Crippen molar-refractivity contribution in [3.8, 4) is 0 Å². The van der Waals surface area contributed by atoms with Crippen LogP contribution in [0.25, 0.3) is 0 Å². The average molecular weight is 286 g/mol. The first-order chi connectivity index (χ1) is 9.09. The summed E-state index contributed by atoms with van der Waals surface area (Å²) in [5.41, 5.74) is 0. The lowest BCUT2D eigenvalue weighted by Gasteiger charge is -2.20. The van der Waals surface area contributed by atoms with Crippen LogP contribution in [0.15, 0.2) is 22.8 Å². The number of rotatable bonds is 7. The minimum absolute atomic E-state index is 0.132. The van der Waals surface area contributed by atoms with Crippen LogP contribution in [0.5, 0.6) is 0 Å². The van der Waals surface area contributed by atoms with Gasteiger partial charge in [0, 0.05) is 19.1 Å². The Hall–Kier alpha value is -0.850. The van der Waals surface area contributed by atoms with Crippen molar-refractivity contribution >= 4 is 9.84 Å². The van der Waals surface area contributed by atoms with Gasteiger partial charge in [0.05, 0.1) is 24.3 Å². The Morgan fingerprint density at radius 1 is 1.53 bits per heavy atom. The first kappa shape index (κ1) is 14.6. The van der Waals surface area contributed by atoms with Gasteiger partial charge in [-0.3, -0.25) is 4.90 Å². The molecule has 0 aromatic carbocycles. The van der Waals surface area contributed by atoms with Gasteiger partial charge in [0.1, 0.15) is 5.76 Å². The highest BCUT2D eigenvalue weighted by atomic mass is 32.2. The second-order valence-corrected chi connectivity index (χ2v) is 7.23. The van der Waals surface area contributed by atoms with E-state index >= 15 is 0 Å². The second kappa shape index (κ2) is 6.54. The number of sulfone groups is 1. The number of hydrogen-bond acceptors (Lipinski definition) is 5. The fourth-order valence-corrected chi connectivity index (χ4v) is 4.06. The van der Waals surface area contributed by atoms with Gasteiger partial charge in [0.2, 0.25) is 0 Å². The van der Waals surface area contributed by atoms with E-state index in [2.05, 4.69) is 17.1 Å². The van der Waals surface area contributed by atoms with Crippen LogP contribution in [0.3, 0.4) is 0 Å². The molecule has 1 N–H and O–H groups in total. The van der Waals surface area contributed by atoms with Gasteiger partial charge in [-0.1, -0.05) is 6.92 Å². The van der Waals surface area contributed by atoms with Crippen molar-refractivity contribution in [3.63, 3.8) is 0 Å². The number of furan rings is 1. The van der Waals surface area contributed by atoms with Crippen LogP contribution in [0.4, 0.5) is 0 Å². The normalized spacial score (nSPS) is 22.1. The van der Waals surface area contributed by atoms with E-state index in [0.29, 0.717) is 5.75 Å². The van der Waals surface area contributed by atoms with Gasteiger partial charge < -0.3 is 9.73 Å². The molecule has 1 aliphatic rings. The maximum atomic E-state index is 11.3. The highest BCUT2D eigenvalue weighted by molar-refractivity contribution is 7.91. The maximum Gasteiger partial charge on any atom is 0.151 e. The average Bonchev–Trinajstić information content (AvgIpc) is 2.97. The third kappa shape index (κ3) is 4.63. The molecule has 0 saturated carbocycles. The van der Waals surface area contributed by atoms with Crippen LogP contribution in [0.2, 0.25) is 0 Å². The lowest BCUT2D eigenvalue weighted by molar-refractivity contribution is 0.253. The summed E-state index contributed by atoms with van der Waals surface area (Å²) >= 11 is 0. The van der Waals surface area contributed by atoms with Crippen LogP contribution >= 0.6 is 0 Å². The first-order valence-electron chi connectivity index (χ1n) is 6.77. The highest BCUT2D eigenvalue weighted by Gasteiger charge is 2.27. The molecule has 1 atom stereocenters. The van der Waals surface area contributed by atoms with E-state index in [0.717, 1.165) is 38.4 Å². The van der Waals surface area contributed by atoms with Gasteiger partial charge in [-0.15, -0.1) is 0 Å². The zero-order chi connectivity index (χ0) is 13.7. The molecular weight excluding hydrogens is 264 g/mol. The van der Waals surface area contributed by atoms with Gasteiger partial charge in [-0.05, 0) is 25.1 Å². The summed E-state index contributed by atoms with van der Waals surface area (Å²) in [6.07, 6.45) is 2.43. The Kier molecular flexibility index (Phi) is 5.01. The minimum atomic E-state index is -2.78. The SMILES string of the molecule is CCN(CCNC1CCS(=O)(=O)C1)Cc1ccco1. The molecule has 1 aliphatic heterocycles. The Balaban J connectivity index is 1.69. The predicted molar refractivity (Wildman–Crippen MR) is 74.7 cm³/mol. The van der Waals surface area contributed by atoms with Gasteiger partial charge in [-0.2, -0.15) is 0 Å². The molecule has 1 unspecified atom stereocenters. The van der Waals surface area contributed by atoms with Gasteiger partial charge >= 0.3 is 0 Å². The molecule has 2 heterocycles. The number of nitrogens with zero attached hydrogens (tertiary/aromatic N) is 1. The van der Waals surface area contributed by atoms with E-state index < -0.39 is 9.84 Å². The van der Waals surface area contributed by atoms with E-state index in [1.165, 1.54) is 0 Å². The largest absolute Gasteiger partial charge is 0.468 e. The molecule has 0 amide bonds. The highest BCUT2D eigenvalue weighted by Crippen LogP contribution is 2.11. The second-order valence-electron chi connectivity index (χ2n) is 5.00. The Morgan fingerprint density at radius 3 is 2.95 bits per heavy atom. The zero-order valence-electron chi connectivity index (χ0n) is 11.3. The van der Waals surface area contributed by atoms with Crippen molar-refractivity contribution in [2.24, 2.45) is 0 Å². The molecule has 1 fully saturated rings. The molecule has 0 aliphatic carbocycles. The summed E-state index contributed by atoms with van der Waals surface area (Å²) in [4.78, 5) is 2.27. The van der Waals surface area contributed by atoms with E-state index in [1.54, 1.807) is 6.26 Å². The molecular formula is C13H22N2O3S. The van der Waals surface area contributed by atoms with Crippen molar-refractivity contribution in [3.05, 3.63) is 24.2 Å². The van der Waals surface area contributed by atoms with Crippen molar-refractivity contribution in [1.29, 1.82) is 0 Å². The maximum absolute atomic E-state index is 11.3. The summed E-state index contributed by atoms with van der Waals surface area (Å²) in [5.74, 6) is 1.58. The third-order valence-electron chi connectivity index (χ3n) is 3.50. The number of likely N-dealkylation sites (N-methyl/N-ethyl adjacent to an activating group) is 1. The van der Waals surface area contributed by atoms with Gasteiger partial charge in [0.15, 0.2) is 9.84 Å². The summed E-state index contributed by atoms with van der Waals surface area (Å²) in [6.45, 7) is 5.57. The van der Waals surface area contributed by atoms with Gasteiger partial charge in [0.25, 0.3) is 0 Å². The quantitative estimate of drug-likeness (QED) is 0.806. The molecule has 1 saturated heterocycles. The molecule has 0 bridgehead atoms. The molecule has 19 heavy (non-hydrogen) atoms. The van der Waals surface area contributed by atoms with Crippen LogP contribution in [0.1, 0.15) is 19.1 Å². The standard InChI is InChI=1S/C13H22N2O3S/c1-2-15(10-13-4-3-8-18-13)7-6-14-12-5-9-19(16,17)11-12/h3-4,8,12,14H,2,5-7,9-11H2,1H3. The van der Waals surface area contributed by atoms with Crippen molar-refractivity contribution < 1.29 is 12.8 Å². The van der Waals surface area contributed by atoms with Crippen LogP contribution in [-0.2, 0) is 16.4 Å². The Labute approximate surface area is 114 Å². The lowest BCUT2D eigenvalue weighted by Crippen LogP contribution is -2.37. The fraction of sp³-hybridized carbons (Fsp3) is 0.692. The Bertz CT molecular complexity index is 470. The summed E-state index contributed by atoms with van der Waals surface area (Å²) in [7, 11) is -2.78. The predicted octanol–water partition coefficient (Wildman–Crippen LogP) is 0.878. The van der Waals surface area contributed by atoms with E-state index in [-0.39, 0.29) is 11.8 Å². The summed E-state index contributed by atoms with van der Waals surface area (Å²) in [6, 6.07) is 4.00. The molecule has 1 aromatic heterocycles. The monoisotopic (exact) mass is 286 g/mol. The number of hydrogen-bond donors (Lipinski definition) is 1. The summed E-state index contributed by atoms with van der Waals surface area (Å²) < 4.78 is 28.0. The van der Waals surface area contributed by atoms with Crippen LogP contribution < -0.4 is 5.32 Å². The first-order valence-corrected chi connectivity index (χ1v) is 8.60. The minimum Gasteiger partial charge on any atom is -0.468 e. The molecule has 5 nitrogen and oxygen atoms in total. The number of nitrogens with one attached hydrogen (secondary N) is 1. The molecule has 0 spiro atoms.